The van der Waals surface area contributed by atoms with Crippen LogP contribution in [-0.4, -0.2) is 162 Å². The fourth-order valence-electron chi connectivity index (χ4n) is 14.9. The summed E-state index contributed by atoms with van der Waals surface area (Å²) in [4.78, 5) is 65.2. The number of rotatable bonds is 26. The third-order valence-electron chi connectivity index (χ3n) is 21.6. The number of nitrogens with two attached hydrogens (primary N) is 2. The first-order valence-electron chi connectivity index (χ1n) is 46.3. The first kappa shape index (κ1) is 109. The van der Waals surface area contributed by atoms with E-state index in [9.17, 15) is 19.8 Å². The Bertz CT molecular complexity index is 6750. The average Bonchev–Trinajstić information content (AvgIpc) is 1.58. The van der Waals surface area contributed by atoms with Gasteiger partial charge in [0.1, 0.15) is 75.0 Å². The van der Waals surface area contributed by atoms with Crippen LogP contribution in [0.2, 0.25) is 0 Å². The lowest BCUT2D eigenvalue weighted by Crippen LogP contribution is -2.22. The number of imidazole rings is 2. The second-order valence-electron chi connectivity index (χ2n) is 32.1. The smallest absolute Gasteiger partial charge is 0.242 e. The topological polar surface area (TPSA) is 322 Å². The Kier molecular flexibility index (Phi) is 43.5. The number of hydrogen-bond donors (Lipinski definition) is 6. The van der Waals surface area contributed by atoms with Gasteiger partial charge < -0.3 is 60.6 Å². The van der Waals surface area contributed by atoms with Crippen LogP contribution in [0.3, 0.4) is 0 Å². The Hall–Kier alpha value is -16.4. The lowest BCUT2D eigenvalue weighted by molar-refractivity contribution is -0.129. The van der Waals surface area contributed by atoms with Crippen molar-refractivity contribution in [3.05, 3.63) is 398 Å². The van der Waals surface area contributed by atoms with E-state index >= 15 is 0 Å². The van der Waals surface area contributed by atoms with Crippen molar-refractivity contribution in [1.82, 2.24) is 48.7 Å². The number of carbonyl (C=O) groups excluding carboxylic acids is 2. The number of aliphatic hydroxyl groups is 2. The minimum atomic E-state index is -0.291. The number of carbonyl (C=O) groups is 2. The van der Waals surface area contributed by atoms with Gasteiger partial charge in [0, 0.05) is 125 Å². The molecule has 6 heterocycles. The number of methoxy groups -OCH3 is 2. The molecule has 6 aromatic heterocycles. The molecule has 2 unspecified atom stereocenters. The highest BCUT2D eigenvalue weighted by Gasteiger charge is 2.28. The molecule has 0 saturated heterocycles. The molecule has 0 bridgehead atoms. The Morgan fingerprint density at radius 1 is 0.324 bits per heavy atom. The molecule has 8 N–H and O–H groups in total. The molecule has 0 radical (unpaired) electrons. The van der Waals surface area contributed by atoms with Crippen LogP contribution in [0.5, 0.6) is 23.5 Å². The number of nitrogen functional groups attached to an aromatic ring is 2. The van der Waals surface area contributed by atoms with Crippen LogP contribution in [0.25, 0.3) is 101 Å². The predicted octanol–water partition coefficient (Wildman–Crippen LogP) is 23.4. The van der Waals surface area contributed by atoms with Crippen molar-refractivity contribution in [2.24, 2.45) is 0 Å². The van der Waals surface area contributed by atoms with Gasteiger partial charge in [-0.25, -0.2) is 43.7 Å². The number of anilines is 4. The summed E-state index contributed by atoms with van der Waals surface area (Å²) in [6.07, 6.45) is 1.38. The van der Waals surface area contributed by atoms with Gasteiger partial charge in [-0.05, 0) is 63.8 Å². The van der Waals surface area contributed by atoms with Gasteiger partial charge in [-0.3, -0.25) is 9.59 Å². The fourth-order valence-corrected chi connectivity index (χ4v) is 14.9. The van der Waals surface area contributed by atoms with E-state index in [0.29, 0.717) is 113 Å². The van der Waals surface area contributed by atoms with Crippen molar-refractivity contribution in [1.29, 1.82) is 0 Å². The van der Waals surface area contributed by atoms with Gasteiger partial charge in [-0.1, -0.05) is 379 Å². The molecular formula is C118H130N14O10. The number of ketones is 2. The average molecular weight is 1900 g/mol. The van der Waals surface area contributed by atoms with E-state index in [1.54, 1.807) is 46.3 Å². The zero-order valence-electron chi connectivity index (χ0n) is 81.2. The van der Waals surface area contributed by atoms with Crippen LogP contribution < -0.4 is 30.7 Å². The molecule has 18 aromatic rings. The maximum Gasteiger partial charge on any atom is 0.242 e. The number of fused-ring (bicyclic) bond motifs is 2. The first-order valence-corrected chi connectivity index (χ1v) is 46.3. The van der Waals surface area contributed by atoms with Crippen LogP contribution in [-0.2, 0) is 44.7 Å². The molecule has 0 aliphatic rings. The van der Waals surface area contributed by atoms with Gasteiger partial charge in [-0.15, -0.1) is 0 Å². The molecule has 2 atom stereocenters. The van der Waals surface area contributed by atoms with Gasteiger partial charge in [0.15, 0.2) is 40.3 Å². The lowest BCUT2D eigenvalue weighted by Gasteiger charge is -2.21. The van der Waals surface area contributed by atoms with Crippen molar-refractivity contribution in [2.45, 2.75) is 94.3 Å². The minimum Gasteiger partial charge on any atom is -0.493 e. The highest BCUT2D eigenvalue weighted by Crippen LogP contribution is 2.42. The standard InChI is InChI=1S/C27H24N4O.C26H21N3O2.C18H18N4.C17H15N3O.2C12H16O2.2C2H6O.2CH4/c1-30(2)26-24(21-16-10-5-11-17-21)29-23(20-14-8-4-9-15-20)25-28-22(27(32)31(25)26)18-19-12-6-3-7-13-19;1-31-26-23(20-15-9-4-10-16-20)28-22(19-13-7-3-8-14-19)24-27-21(25(30)29(24)26)17-18-11-5-2-6-12-18;1-22(2)18-16(14-11-7-4-8-12-14)20-15(17(19)21-18)13-9-5-3-6-10-13;1-21-17-15(13-10-6-3-7-11-13)19-14(16(18)20-17)12-8-4-2-5-9-12;2*1-3-14-10(2)12(13)9-11-7-5-4-6-8-11;2*1-2-3;;/h3-17,32H,18H2,1-2H3;2-16,30H,17H2,1H3;3-12H,1-2H3,(H2,19,21);2-11H,1H3,(H2,18,20);2*4-8,10H,3,9H2,1-2H3;2*3H,2H2,1H3;2*1H4. The normalized spacial score (nSPS) is 10.7. The van der Waals surface area contributed by atoms with E-state index < -0.39 is 0 Å². The molecule has 0 amide bonds. The molecule has 24 nitrogen and oxygen atoms in total. The lowest BCUT2D eigenvalue weighted by atomic mass is 10.1. The van der Waals surface area contributed by atoms with E-state index in [4.69, 9.17) is 65.5 Å². The van der Waals surface area contributed by atoms with Crippen molar-refractivity contribution in [3.8, 4) is 114 Å². The van der Waals surface area contributed by atoms with Crippen molar-refractivity contribution < 1.29 is 49.0 Å². The van der Waals surface area contributed by atoms with E-state index in [1.807, 2.05) is 420 Å². The van der Waals surface area contributed by atoms with E-state index in [-0.39, 0.29) is 63.6 Å². The molecule has 18 rings (SSSR count). The van der Waals surface area contributed by atoms with Crippen LogP contribution in [0, 0.1) is 0 Å². The third kappa shape index (κ3) is 29.8. The molecule has 0 spiro atoms. The number of hydrogen-bond acceptors (Lipinski definition) is 22. The zero-order chi connectivity index (χ0) is 99.7. The largest absolute Gasteiger partial charge is 0.493 e. The quantitative estimate of drug-likeness (QED) is 0.0293. The van der Waals surface area contributed by atoms with Gasteiger partial charge in [-0.2, -0.15) is 4.98 Å². The second kappa shape index (κ2) is 56.5. The molecular weight excluding hydrogens is 1770 g/mol. The van der Waals surface area contributed by atoms with E-state index in [2.05, 4.69) is 15.0 Å². The van der Waals surface area contributed by atoms with Crippen LogP contribution in [0.4, 0.5) is 23.3 Å². The maximum absolute atomic E-state index is 11.6. The summed E-state index contributed by atoms with van der Waals surface area (Å²) >= 11 is 0. The summed E-state index contributed by atoms with van der Waals surface area (Å²) in [5.74, 6) is 3.71. The number of nitrogens with zero attached hydrogens (tertiary/aromatic N) is 12. The molecule has 24 heteroatoms. The Morgan fingerprint density at radius 2 is 0.585 bits per heavy atom. The number of Topliss-reactive ketones (excluding diaryl/α,β-unsaturated/α-hetero) is 2. The van der Waals surface area contributed by atoms with Crippen LogP contribution >= 0.6 is 0 Å². The summed E-state index contributed by atoms with van der Waals surface area (Å²) in [5.41, 5.74) is 32.2. The molecule has 732 valence electrons. The second-order valence-corrected chi connectivity index (χ2v) is 32.1. The summed E-state index contributed by atoms with van der Waals surface area (Å²) in [5, 5.41) is 37.7. The van der Waals surface area contributed by atoms with Crippen molar-refractivity contribution in [2.75, 3.05) is 90.1 Å². The summed E-state index contributed by atoms with van der Waals surface area (Å²) in [6, 6.07) is 119. The van der Waals surface area contributed by atoms with Gasteiger partial charge in [0.2, 0.25) is 23.5 Å². The summed E-state index contributed by atoms with van der Waals surface area (Å²) in [6.45, 7) is 12.4. The molecule has 0 saturated carbocycles. The SMILES string of the molecule is C.C.CCO.CCO.CCOC(C)C(=O)Cc1ccccc1.CCOC(C)C(=O)Cc1ccccc1.CN(C)c1c(-c2ccccc2)nc(-c2ccccc2)c2nc(Cc3ccccc3)c(O)n12.CN(C)c1nc(N)c(-c2ccccc2)nc1-c1ccccc1.COc1c(-c2ccccc2)nc(-c2ccccc2)c2nc(Cc3ccccc3)c(O)n12.COc1nc(N)c(-c2ccccc2)nc1-c1ccccc1. The number of aromatic hydroxyl groups is 2. The van der Waals surface area contributed by atoms with Gasteiger partial charge >= 0.3 is 0 Å². The molecule has 0 fully saturated rings. The zero-order valence-corrected chi connectivity index (χ0v) is 81.2. The van der Waals surface area contributed by atoms with E-state index in [0.717, 1.165) is 95.5 Å². The molecule has 0 aliphatic heterocycles. The monoisotopic (exact) mass is 1900 g/mol. The maximum atomic E-state index is 11.6. The molecule has 12 aromatic carbocycles. The summed E-state index contributed by atoms with van der Waals surface area (Å²) < 4.78 is 25.0. The first-order chi connectivity index (χ1) is 68.1. The Labute approximate surface area is 834 Å². The van der Waals surface area contributed by atoms with Crippen molar-refractivity contribution >= 4 is 46.1 Å². The fraction of sp³-hybridized carbons (Fsp3) is 0.203. The third-order valence-corrected chi connectivity index (χ3v) is 21.6. The molecule has 142 heavy (non-hydrogen) atoms. The Morgan fingerprint density at radius 3 is 0.901 bits per heavy atom. The number of benzene rings is 12. The number of aromatic nitrogens is 10. The number of aliphatic hydroxyl groups excluding tert-OH is 2. The number of ether oxygens (including phenoxy) is 4. The highest BCUT2D eigenvalue weighted by atomic mass is 16.5. The van der Waals surface area contributed by atoms with Crippen LogP contribution in [0.1, 0.15) is 90.0 Å². The predicted molar refractivity (Wildman–Crippen MR) is 577 cm³/mol. The van der Waals surface area contributed by atoms with Crippen molar-refractivity contribution in [3.63, 3.8) is 0 Å². The van der Waals surface area contributed by atoms with Gasteiger partial charge in [0.05, 0.1) is 14.2 Å². The Balaban J connectivity index is 0.000000192. The van der Waals surface area contributed by atoms with Gasteiger partial charge in [0.25, 0.3) is 0 Å². The minimum absolute atomic E-state index is 0. The van der Waals surface area contributed by atoms with Crippen LogP contribution in [0.15, 0.2) is 364 Å². The highest BCUT2D eigenvalue weighted by molar-refractivity contribution is 5.88. The summed E-state index contributed by atoms with van der Waals surface area (Å²) in [7, 11) is 11.0. The van der Waals surface area contributed by atoms with E-state index in [1.165, 1.54) is 0 Å². The molecule has 0 aliphatic carbocycles.